The Morgan fingerprint density at radius 1 is 1.23 bits per heavy atom. The van der Waals surface area contributed by atoms with Crippen LogP contribution >= 0.6 is 0 Å². The van der Waals surface area contributed by atoms with E-state index in [0.717, 1.165) is 18.4 Å². The van der Waals surface area contributed by atoms with Crippen LogP contribution in [0, 0.1) is 17.8 Å². The summed E-state index contributed by atoms with van der Waals surface area (Å²) in [4.78, 5) is 2.35. The molecule has 2 heteroatoms. The number of aliphatic hydroxyl groups is 1. The van der Waals surface area contributed by atoms with Crippen LogP contribution in [0.4, 0.5) is 0 Å². The quantitative estimate of drug-likeness (QED) is 0.714. The molecule has 1 heterocycles. The zero-order chi connectivity index (χ0) is 9.26. The molecule has 2 unspecified atom stereocenters. The van der Waals surface area contributed by atoms with Crippen molar-refractivity contribution in [3.8, 4) is 0 Å². The summed E-state index contributed by atoms with van der Waals surface area (Å²) in [5.74, 6) is 2.38. The predicted octanol–water partition coefficient (Wildman–Crippen LogP) is 1.35. The fourth-order valence-corrected chi connectivity index (χ4v) is 2.56. The lowest BCUT2D eigenvalue weighted by atomic mass is 9.82. The van der Waals surface area contributed by atoms with E-state index >= 15 is 0 Å². The molecule has 0 aromatic rings. The Balaban J connectivity index is 1.84. The minimum absolute atomic E-state index is 0.391. The third-order valence-corrected chi connectivity index (χ3v) is 3.66. The number of hydrogen-bond donors (Lipinski definition) is 1. The van der Waals surface area contributed by atoms with E-state index in [1.807, 2.05) is 0 Å². The molecular weight excluding hydrogens is 162 g/mol. The van der Waals surface area contributed by atoms with Crippen LogP contribution < -0.4 is 0 Å². The molecule has 13 heavy (non-hydrogen) atoms. The number of likely N-dealkylation sites (tertiary alicyclic amines) is 1. The highest BCUT2D eigenvalue weighted by molar-refractivity contribution is 4.84. The first-order valence-corrected chi connectivity index (χ1v) is 5.59. The standard InChI is InChI=1S/C11H21NO/c1-12-5-4-10(6-9-2-3-9)11(7-12)8-13/h9-11,13H,2-8H2,1H3. The van der Waals surface area contributed by atoms with Gasteiger partial charge >= 0.3 is 0 Å². The molecule has 1 aliphatic heterocycles. The van der Waals surface area contributed by atoms with E-state index in [2.05, 4.69) is 11.9 Å². The molecule has 1 aliphatic carbocycles. The molecule has 0 radical (unpaired) electrons. The van der Waals surface area contributed by atoms with E-state index in [1.165, 1.54) is 32.2 Å². The zero-order valence-electron chi connectivity index (χ0n) is 8.58. The van der Waals surface area contributed by atoms with Crippen LogP contribution in [-0.4, -0.2) is 36.8 Å². The average molecular weight is 183 g/mol. The van der Waals surface area contributed by atoms with Gasteiger partial charge in [0.15, 0.2) is 0 Å². The van der Waals surface area contributed by atoms with E-state index in [-0.39, 0.29) is 0 Å². The molecule has 0 aromatic heterocycles. The zero-order valence-corrected chi connectivity index (χ0v) is 8.58. The van der Waals surface area contributed by atoms with E-state index < -0.39 is 0 Å². The van der Waals surface area contributed by atoms with Crippen LogP contribution in [0.5, 0.6) is 0 Å². The number of piperidine rings is 1. The van der Waals surface area contributed by atoms with Crippen LogP contribution in [0.15, 0.2) is 0 Å². The summed E-state index contributed by atoms with van der Waals surface area (Å²) < 4.78 is 0. The summed E-state index contributed by atoms with van der Waals surface area (Å²) >= 11 is 0. The highest BCUT2D eigenvalue weighted by Crippen LogP contribution is 2.39. The van der Waals surface area contributed by atoms with Gasteiger partial charge in [-0.3, -0.25) is 0 Å². The van der Waals surface area contributed by atoms with Gasteiger partial charge in [-0.2, -0.15) is 0 Å². The van der Waals surface area contributed by atoms with Gasteiger partial charge in [-0.25, -0.2) is 0 Å². The van der Waals surface area contributed by atoms with Crippen molar-refractivity contribution in [1.82, 2.24) is 4.90 Å². The first-order valence-electron chi connectivity index (χ1n) is 5.59. The van der Waals surface area contributed by atoms with Gasteiger partial charge < -0.3 is 10.0 Å². The molecule has 76 valence electrons. The summed E-state index contributed by atoms with van der Waals surface area (Å²) in [5.41, 5.74) is 0. The Morgan fingerprint density at radius 3 is 2.62 bits per heavy atom. The summed E-state index contributed by atoms with van der Waals surface area (Å²) in [5, 5.41) is 9.29. The number of nitrogens with zero attached hydrogens (tertiary/aromatic N) is 1. The number of hydrogen-bond acceptors (Lipinski definition) is 2. The van der Waals surface area contributed by atoms with E-state index in [1.54, 1.807) is 0 Å². The van der Waals surface area contributed by atoms with Crippen molar-refractivity contribution in [2.45, 2.75) is 25.7 Å². The van der Waals surface area contributed by atoms with Crippen molar-refractivity contribution in [2.24, 2.45) is 17.8 Å². The van der Waals surface area contributed by atoms with Crippen molar-refractivity contribution in [2.75, 3.05) is 26.7 Å². The molecule has 0 bridgehead atoms. The lowest BCUT2D eigenvalue weighted by Gasteiger charge is -2.36. The van der Waals surface area contributed by atoms with Crippen molar-refractivity contribution >= 4 is 0 Å². The fourth-order valence-electron chi connectivity index (χ4n) is 2.56. The van der Waals surface area contributed by atoms with Crippen molar-refractivity contribution < 1.29 is 5.11 Å². The van der Waals surface area contributed by atoms with Crippen LogP contribution in [-0.2, 0) is 0 Å². The SMILES string of the molecule is CN1CCC(CC2CC2)C(CO)C1. The second kappa shape index (κ2) is 3.97. The van der Waals surface area contributed by atoms with Crippen molar-refractivity contribution in [1.29, 1.82) is 0 Å². The number of rotatable bonds is 3. The normalized spacial score (nSPS) is 36.5. The maximum absolute atomic E-state index is 9.29. The second-order valence-electron chi connectivity index (χ2n) is 4.93. The van der Waals surface area contributed by atoms with E-state index in [0.29, 0.717) is 12.5 Å². The molecular formula is C11H21NO. The molecule has 2 nitrogen and oxygen atoms in total. The molecule has 2 aliphatic rings. The van der Waals surface area contributed by atoms with Gasteiger partial charge in [0.2, 0.25) is 0 Å². The minimum Gasteiger partial charge on any atom is -0.396 e. The van der Waals surface area contributed by atoms with Crippen LogP contribution in [0.1, 0.15) is 25.7 Å². The third kappa shape index (κ3) is 2.44. The minimum atomic E-state index is 0.391. The van der Waals surface area contributed by atoms with Gasteiger partial charge in [0.25, 0.3) is 0 Å². The highest BCUT2D eigenvalue weighted by atomic mass is 16.3. The molecule has 2 atom stereocenters. The topological polar surface area (TPSA) is 23.5 Å². The Morgan fingerprint density at radius 2 is 2.00 bits per heavy atom. The van der Waals surface area contributed by atoms with Gasteiger partial charge in [0.1, 0.15) is 0 Å². The molecule has 1 saturated carbocycles. The highest BCUT2D eigenvalue weighted by Gasteiger charge is 2.32. The predicted molar refractivity (Wildman–Crippen MR) is 53.5 cm³/mol. The molecule has 2 fully saturated rings. The second-order valence-corrected chi connectivity index (χ2v) is 4.93. The van der Waals surface area contributed by atoms with Crippen LogP contribution in [0.3, 0.4) is 0 Å². The van der Waals surface area contributed by atoms with Gasteiger partial charge in [-0.15, -0.1) is 0 Å². The maximum Gasteiger partial charge on any atom is 0.0474 e. The van der Waals surface area contributed by atoms with Crippen molar-refractivity contribution in [3.63, 3.8) is 0 Å². The summed E-state index contributed by atoms with van der Waals surface area (Å²) in [7, 11) is 2.16. The lowest BCUT2D eigenvalue weighted by Crippen LogP contribution is -2.39. The van der Waals surface area contributed by atoms with E-state index in [4.69, 9.17) is 0 Å². The summed E-state index contributed by atoms with van der Waals surface area (Å²) in [6.45, 7) is 2.73. The Hall–Kier alpha value is -0.0800. The Labute approximate surface area is 80.9 Å². The van der Waals surface area contributed by atoms with Crippen LogP contribution in [0.25, 0.3) is 0 Å². The Kier molecular flexibility index (Phi) is 2.89. The molecule has 0 spiro atoms. The number of aliphatic hydroxyl groups excluding tert-OH is 1. The first kappa shape index (κ1) is 9.47. The van der Waals surface area contributed by atoms with Gasteiger partial charge in [0, 0.05) is 13.2 Å². The largest absolute Gasteiger partial charge is 0.396 e. The van der Waals surface area contributed by atoms with Gasteiger partial charge in [-0.1, -0.05) is 12.8 Å². The van der Waals surface area contributed by atoms with E-state index in [9.17, 15) is 5.11 Å². The molecule has 0 amide bonds. The average Bonchev–Trinajstić information content (AvgIpc) is 2.92. The molecule has 1 saturated heterocycles. The van der Waals surface area contributed by atoms with Crippen molar-refractivity contribution in [3.05, 3.63) is 0 Å². The molecule has 2 rings (SSSR count). The molecule has 1 N–H and O–H groups in total. The molecule has 0 aromatic carbocycles. The summed E-state index contributed by atoms with van der Waals surface area (Å²) in [6, 6.07) is 0. The van der Waals surface area contributed by atoms with Crippen LogP contribution in [0.2, 0.25) is 0 Å². The monoisotopic (exact) mass is 183 g/mol. The first-order chi connectivity index (χ1) is 6.29. The van der Waals surface area contributed by atoms with Gasteiger partial charge in [0.05, 0.1) is 0 Å². The summed E-state index contributed by atoms with van der Waals surface area (Å²) in [6.07, 6.45) is 5.59. The smallest absolute Gasteiger partial charge is 0.0474 e. The Bertz CT molecular complexity index is 167. The fraction of sp³-hybridized carbons (Fsp3) is 1.00. The lowest BCUT2D eigenvalue weighted by molar-refractivity contribution is 0.0795. The maximum atomic E-state index is 9.29. The van der Waals surface area contributed by atoms with Gasteiger partial charge in [-0.05, 0) is 44.2 Å². The third-order valence-electron chi connectivity index (χ3n) is 3.66.